The van der Waals surface area contributed by atoms with Crippen LogP contribution in [0.2, 0.25) is 0 Å². The summed E-state index contributed by atoms with van der Waals surface area (Å²) in [5.41, 5.74) is 9.07. The number of phenolic OH excluding ortho intramolecular Hbond substituents is 1. The fourth-order valence-corrected chi connectivity index (χ4v) is 4.09. The smallest absolute Gasteiger partial charge is 0.115 e. The SMILES string of the molecule is C[C@H]1CN(CC(N)Cc2ccccc2)CC[C@]1(C)c1cccc(O)c1. The molecule has 2 aromatic rings. The monoisotopic (exact) mass is 338 g/mol. The molecule has 0 radical (unpaired) electrons. The Kier molecular flexibility index (Phi) is 5.45. The number of benzene rings is 2. The van der Waals surface area contributed by atoms with Gasteiger partial charge in [-0.2, -0.15) is 0 Å². The molecular weight excluding hydrogens is 308 g/mol. The van der Waals surface area contributed by atoms with Gasteiger partial charge in [-0.15, -0.1) is 0 Å². The van der Waals surface area contributed by atoms with Crippen LogP contribution in [0.25, 0.3) is 0 Å². The van der Waals surface area contributed by atoms with Crippen LogP contribution >= 0.6 is 0 Å². The van der Waals surface area contributed by atoms with Crippen LogP contribution < -0.4 is 5.73 Å². The molecule has 0 spiro atoms. The number of nitrogens with two attached hydrogens (primary N) is 1. The predicted octanol–water partition coefficient (Wildman–Crippen LogP) is 3.56. The predicted molar refractivity (Wildman–Crippen MR) is 104 cm³/mol. The Morgan fingerprint density at radius 1 is 1.20 bits per heavy atom. The Balaban J connectivity index is 1.60. The molecule has 0 amide bonds. The third-order valence-electron chi connectivity index (χ3n) is 5.91. The van der Waals surface area contributed by atoms with Crippen LogP contribution in [0, 0.1) is 5.92 Å². The fourth-order valence-electron chi connectivity index (χ4n) is 4.09. The van der Waals surface area contributed by atoms with E-state index in [4.69, 9.17) is 5.73 Å². The van der Waals surface area contributed by atoms with E-state index >= 15 is 0 Å². The Morgan fingerprint density at radius 3 is 2.64 bits per heavy atom. The van der Waals surface area contributed by atoms with Crippen LogP contribution in [-0.2, 0) is 11.8 Å². The van der Waals surface area contributed by atoms with Crippen molar-refractivity contribution in [3.05, 3.63) is 65.7 Å². The molecule has 1 unspecified atom stereocenters. The number of aromatic hydroxyl groups is 1. The van der Waals surface area contributed by atoms with Crippen LogP contribution in [0.5, 0.6) is 5.75 Å². The van der Waals surface area contributed by atoms with E-state index in [1.54, 1.807) is 6.07 Å². The fraction of sp³-hybridized carbons (Fsp3) is 0.455. The Bertz CT molecular complexity index is 687. The first-order chi connectivity index (χ1) is 12.0. The summed E-state index contributed by atoms with van der Waals surface area (Å²) in [7, 11) is 0. The number of rotatable bonds is 5. The van der Waals surface area contributed by atoms with E-state index < -0.39 is 0 Å². The van der Waals surface area contributed by atoms with E-state index in [1.807, 2.05) is 18.2 Å². The molecule has 0 aromatic heterocycles. The molecule has 3 heteroatoms. The third kappa shape index (κ3) is 4.23. The quantitative estimate of drug-likeness (QED) is 0.876. The van der Waals surface area contributed by atoms with Gasteiger partial charge in [0, 0.05) is 19.1 Å². The number of piperidine rings is 1. The zero-order chi connectivity index (χ0) is 17.9. The summed E-state index contributed by atoms with van der Waals surface area (Å²) >= 11 is 0. The van der Waals surface area contributed by atoms with Crippen LogP contribution in [0.3, 0.4) is 0 Å². The van der Waals surface area contributed by atoms with Crippen LogP contribution in [0.15, 0.2) is 54.6 Å². The maximum atomic E-state index is 9.83. The molecule has 1 heterocycles. The largest absolute Gasteiger partial charge is 0.508 e. The highest BCUT2D eigenvalue weighted by atomic mass is 16.3. The summed E-state index contributed by atoms with van der Waals surface area (Å²) in [4.78, 5) is 2.50. The lowest BCUT2D eigenvalue weighted by molar-refractivity contribution is 0.106. The first-order valence-corrected chi connectivity index (χ1v) is 9.29. The van der Waals surface area contributed by atoms with Crippen molar-refractivity contribution in [1.29, 1.82) is 0 Å². The van der Waals surface area contributed by atoms with Crippen LogP contribution in [-0.4, -0.2) is 35.7 Å². The maximum Gasteiger partial charge on any atom is 0.115 e. The number of hydrogen-bond donors (Lipinski definition) is 2. The molecule has 2 aromatic carbocycles. The van der Waals surface area contributed by atoms with Gasteiger partial charge in [-0.05, 0) is 54.0 Å². The van der Waals surface area contributed by atoms with Gasteiger partial charge >= 0.3 is 0 Å². The van der Waals surface area contributed by atoms with Gasteiger partial charge in [0.05, 0.1) is 0 Å². The molecule has 0 aliphatic carbocycles. The second-order valence-corrected chi connectivity index (χ2v) is 7.83. The van der Waals surface area contributed by atoms with Gasteiger partial charge in [0.2, 0.25) is 0 Å². The molecule has 3 atom stereocenters. The molecule has 134 valence electrons. The molecule has 1 fully saturated rings. The lowest BCUT2D eigenvalue weighted by Crippen LogP contribution is -2.50. The van der Waals surface area contributed by atoms with Crippen molar-refractivity contribution >= 4 is 0 Å². The van der Waals surface area contributed by atoms with Crippen molar-refractivity contribution in [2.75, 3.05) is 19.6 Å². The molecular formula is C22H30N2O. The zero-order valence-electron chi connectivity index (χ0n) is 15.4. The topological polar surface area (TPSA) is 49.5 Å². The van der Waals surface area contributed by atoms with Crippen molar-refractivity contribution in [1.82, 2.24) is 4.90 Å². The standard InChI is InChI=1S/C22H30N2O/c1-17-15-24(16-20(23)13-18-7-4-3-5-8-18)12-11-22(17,2)19-9-6-10-21(25)14-19/h3-10,14,17,20,25H,11-13,15-16,23H2,1-2H3/t17-,20?,22-/m0/s1. The lowest BCUT2D eigenvalue weighted by atomic mass is 9.68. The third-order valence-corrected chi connectivity index (χ3v) is 5.91. The Morgan fingerprint density at radius 2 is 1.96 bits per heavy atom. The van der Waals surface area contributed by atoms with Crippen molar-refractivity contribution in [3.8, 4) is 5.75 Å². The second kappa shape index (κ2) is 7.59. The first-order valence-electron chi connectivity index (χ1n) is 9.29. The Hall–Kier alpha value is -1.84. The molecule has 1 aliphatic rings. The molecule has 0 bridgehead atoms. The summed E-state index contributed by atoms with van der Waals surface area (Å²) < 4.78 is 0. The van der Waals surface area contributed by atoms with Crippen molar-refractivity contribution < 1.29 is 5.11 Å². The number of hydrogen-bond acceptors (Lipinski definition) is 3. The lowest BCUT2D eigenvalue weighted by Gasteiger charge is -2.45. The second-order valence-electron chi connectivity index (χ2n) is 7.83. The van der Waals surface area contributed by atoms with E-state index in [2.05, 4.69) is 49.1 Å². The molecule has 1 aliphatic heterocycles. The molecule has 1 saturated heterocycles. The highest BCUT2D eigenvalue weighted by Crippen LogP contribution is 2.40. The minimum Gasteiger partial charge on any atom is -0.508 e. The van der Waals surface area contributed by atoms with Gasteiger partial charge < -0.3 is 15.7 Å². The van der Waals surface area contributed by atoms with Crippen LogP contribution in [0.4, 0.5) is 0 Å². The van der Waals surface area contributed by atoms with Gasteiger partial charge in [-0.3, -0.25) is 0 Å². The average molecular weight is 338 g/mol. The number of nitrogens with zero attached hydrogens (tertiary/aromatic N) is 1. The van der Waals surface area contributed by atoms with E-state index in [0.29, 0.717) is 11.7 Å². The summed E-state index contributed by atoms with van der Waals surface area (Å²) in [6.45, 7) is 7.69. The van der Waals surface area contributed by atoms with E-state index in [0.717, 1.165) is 32.5 Å². The van der Waals surface area contributed by atoms with Gasteiger partial charge in [0.1, 0.15) is 5.75 Å². The number of phenols is 1. The highest BCUT2D eigenvalue weighted by Gasteiger charge is 2.38. The summed E-state index contributed by atoms with van der Waals surface area (Å²) in [6.07, 6.45) is 2.02. The Labute approximate surface area is 151 Å². The minimum absolute atomic E-state index is 0.110. The first kappa shape index (κ1) is 18.0. The molecule has 3 rings (SSSR count). The molecule has 3 nitrogen and oxygen atoms in total. The van der Waals surface area contributed by atoms with E-state index in [1.165, 1.54) is 11.1 Å². The summed E-state index contributed by atoms with van der Waals surface area (Å²) in [6, 6.07) is 18.4. The van der Waals surface area contributed by atoms with Crippen molar-refractivity contribution in [2.24, 2.45) is 11.7 Å². The minimum atomic E-state index is 0.110. The van der Waals surface area contributed by atoms with E-state index in [-0.39, 0.29) is 11.5 Å². The number of likely N-dealkylation sites (tertiary alicyclic amines) is 1. The van der Waals surface area contributed by atoms with Crippen molar-refractivity contribution in [3.63, 3.8) is 0 Å². The van der Waals surface area contributed by atoms with Gasteiger partial charge in [0.25, 0.3) is 0 Å². The molecule has 25 heavy (non-hydrogen) atoms. The van der Waals surface area contributed by atoms with Gasteiger partial charge in [0.15, 0.2) is 0 Å². The van der Waals surface area contributed by atoms with Crippen molar-refractivity contribution in [2.45, 2.75) is 38.1 Å². The zero-order valence-corrected chi connectivity index (χ0v) is 15.4. The summed E-state index contributed by atoms with van der Waals surface area (Å²) in [5, 5.41) is 9.83. The molecule has 3 N–H and O–H groups in total. The molecule has 0 saturated carbocycles. The summed E-state index contributed by atoms with van der Waals surface area (Å²) in [5.74, 6) is 0.880. The highest BCUT2D eigenvalue weighted by molar-refractivity contribution is 5.33. The van der Waals surface area contributed by atoms with Crippen LogP contribution in [0.1, 0.15) is 31.4 Å². The average Bonchev–Trinajstić information content (AvgIpc) is 2.59. The van der Waals surface area contributed by atoms with Gasteiger partial charge in [-0.1, -0.05) is 56.3 Å². The normalized spacial score (nSPS) is 25.6. The van der Waals surface area contributed by atoms with Gasteiger partial charge in [-0.25, -0.2) is 0 Å². The maximum absolute atomic E-state index is 9.83. The van der Waals surface area contributed by atoms with E-state index in [9.17, 15) is 5.11 Å².